The summed E-state index contributed by atoms with van der Waals surface area (Å²) in [7, 11) is 0. The van der Waals surface area contributed by atoms with Gasteiger partial charge in [0.15, 0.2) is 0 Å². The number of hydrogen-bond donors (Lipinski definition) is 1. The van der Waals surface area contributed by atoms with Gasteiger partial charge in [0.1, 0.15) is 5.75 Å². The maximum atomic E-state index is 11.2. The van der Waals surface area contributed by atoms with Crippen molar-refractivity contribution in [1.29, 1.82) is 0 Å². The third kappa shape index (κ3) is 3.91. The van der Waals surface area contributed by atoms with Crippen molar-refractivity contribution in [2.75, 3.05) is 6.61 Å². The molecule has 0 radical (unpaired) electrons. The van der Waals surface area contributed by atoms with Crippen LogP contribution in [0.25, 0.3) is 5.57 Å². The van der Waals surface area contributed by atoms with Gasteiger partial charge in [0, 0.05) is 0 Å². The zero-order valence-electron chi connectivity index (χ0n) is 11.4. The van der Waals surface area contributed by atoms with Crippen LogP contribution in [-0.2, 0) is 4.79 Å². The van der Waals surface area contributed by atoms with E-state index in [0.717, 1.165) is 11.3 Å². The number of hydrogen-bond acceptors (Lipinski definition) is 2. The molecule has 0 aromatic heterocycles. The van der Waals surface area contributed by atoms with Crippen LogP contribution in [-0.4, -0.2) is 17.7 Å². The van der Waals surface area contributed by atoms with Crippen LogP contribution in [0.5, 0.6) is 5.75 Å². The fraction of sp³-hybridized carbons (Fsp3) is 0.400. The van der Waals surface area contributed by atoms with Gasteiger partial charge in [-0.1, -0.05) is 31.6 Å². The summed E-state index contributed by atoms with van der Waals surface area (Å²) < 4.78 is 5.56. The molecule has 0 spiro atoms. The van der Waals surface area contributed by atoms with E-state index in [1.54, 1.807) is 26.0 Å². The highest BCUT2D eigenvalue weighted by molar-refractivity contribution is 6.16. The Morgan fingerprint density at radius 2 is 1.78 bits per heavy atom. The quantitative estimate of drug-likeness (QED) is 0.810. The molecule has 3 nitrogen and oxygen atoms in total. The van der Waals surface area contributed by atoms with Gasteiger partial charge in [-0.05, 0) is 37.5 Å². The first-order valence-corrected chi connectivity index (χ1v) is 6.05. The van der Waals surface area contributed by atoms with E-state index in [9.17, 15) is 4.79 Å². The van der Waals surface area contributed by atoms with Crippen LogP contribution in [0.2, 0.25) is 0 Å². The second-order valence-electron chi connectivity index (χ2n) is 4.91. The zero-order valence-corrected chi connectivity index (χ0v) is 11.4. The molecule has 1 N–H and O–H groups in total. The summed E-state index contributed by atoms with van der Waals surface area (Å²) in [5, 5.41) is 9.15. The molecule has 0 fully saturated rings. The van der Waals surface area contributed by atoms with E-state index in [-0.39, 0.29) is 0 Å². The van der Waals surface area contributed by atoms with Gasteiger partial charge in [0.05, 0.1) is 12.2 Å². The second kappa shape index (κ2) is 6.24. The Morgan fingerprint density at radius 1 is 1.22 bits per heavy atom. The molecule has 1 aromatic carbocycles. The number of ether oxygens (including phenoxy) is 1. The van der Waals surface area contributed by atoms with Gasteiger partial charge in [0.25, 0.3) is 0 Å². The summed E-state index contributed by atoms with van der Waals surface area (Å²) in [6, 6.07) is 7.19. The van der Waals surface area contributed by atoms with Crippen molar-refractivity contribution in [3.8, 4) is 5.75 Å². The third-order valence-electron chi connectivity index (χ3n) is 2.44. The normalized spacial score (nSPS) is 10.3. The largest absolute Gasteiger partial charge is 0.493 e. The van der Waals surface area contributed by atoms with E-state index in [1.807, 2.05) is 12.1 Å². The molecule has 0 aliphatic rings. The summed E-state index contributed by atoms with van der Waals surface area (Å²) in [5.41, 5.74) is 1.85. The van der Waals surface area contributed by atoms with E-state index in [2.05, 4.69) is 13.8 Å². The topological polar surface area (TPSA) is 46.5 Å². The zero-order chi connectivity index (χ0) is 13.7. The van der Waals surface area contributed by atoms with Crippen molar-refractivity contribution in [2.24, 2.45) is 5.92 Å². The van der Waals surface area contributed by atoms with Gasteiger partial charge < -0.3 is 9.84 Å². The molecule has 0 heterocycles. The highest BCUT2D eigenvalue weighted by atomic mass is 16.5. The molecule has 0 amide bonds. The molecule has 0 saturated carbocycles. The van der Waals surface area contributed by atoms with Crippen molar-refractivity contribution in [3.63, 3.8) is 0 Å². The summed E-state index contributed by atoms with van der Waals surface area (Å²) in [4.78, 5) is 11.2. The standard InChI is InChI=1S/C15H20O3/c1-10(2)9-18-13-7-5-12(6-8-13)14(11(3)4)15(16)17/h5-8,10H,9H2,1-4H3,(H,16,17). The van der Waals surface area contributed by atoms with Gasteiger partial charge in [-0.3, -0.25) is 0 Å². The molecule has 0 aliphatic heterocycles. The predicted octanol–water partition coefficient (Wildman–Crippen LogP) is 3.60. The van der Waals surface area contributed by atoms with Gasteiger partial charge in [-0.25, -0.2) is 4.79 Å². The van der Waals surface area contributed by atoms with Crippen LogP contribution in [0.1, 0.15) is 33.3 Å². The minimum atomic E-state index is -0.897. The number of carboxylic acid groups (broad SMARTS) is 1. The van der Waals surface area contributed by atoms with Crippen LogP contribution in [0.4, 0.5) is 0 Å². The van der Waals surface area contributed by atoms with E-state index in [1.165, 1.54) is 0 Å². The summed E-state index contributed by atoms with van der Waals surface area (Å²) in [6.45, 7) is 8.42. The Bertz CT molecular complexity index is 437. The Labute approximate surface area is 108 Å². The highest BCUT2D eigenvalue weighted by Crippen LogP contribution is 2.22. The van der Waals surface area contributed by atoms with Gasteiger partial charge >= 0.3 is 5.97 Å². The summed E-state index contributed by atoms with van der Waals surface area (Å²) in [6.07, 6.45) is 0. The smallest absolute Gasteiger partial charge is 0.336 e. The molecular formula is C15H20O3. The monoisotopic (exact) mass is 248 g/mol. The molecule has 0 saturated heterocycles. The SMILES string of the molecule is CC(C)=C(C(=O)O)c1ccc(OCC(C)C)cc1. The predicted molar refractivity (Wildman–Crippen MR) is 72.7 cm³/mol. The summed E-state index contributed by atoms with van der Waals surface area (Å²) in [5.74, 6) is 0.342. The Hall–Kier alpha value is -1.77. The molecule has 1 rings (SSSR count). The minimum absolute atomic E-state index is 0.352. The van der Waals surface area contributed by atoms with Crippen molar-refractivity contribution in [1.82, 2.24) is 0 Å². The molecule has 98 valence electrons. The van der Waals surface area contributed by atoms with Crippen molar-refractivity contribution < 1.29 is 14.6 Å². The van der Waals surface area contributed by atoms with Crippen LogP contribution in [0.3, 0.4) is 0 Å². The fourth-order valence-electron chi connectivity index (χ4n) is 1.61. The first kappa shape index (κ1) is 14.3. The number of carboxylic acids is 1. The van der Waals surface area contributed by atoms with E-state index < -0.39 is 5.97 Å². The Morgan fingerprint density at radius 3 is 2.17 bits per heavy atom. The number of rotatable bonds is 5. The maximum Gasteiger partial charge on any atom is 0.336 e. The molecule has 0 bridgehead atoms. The van der Waals surface area contributed by atoms with E-state index in [4.69, 9.17) is 9.84 Å². The lowest BCUT2D eigenvalue weighted by molar-refractivity contribution is -0.130. The van der Waals surface area contributed by atoms with Crippen molar-refractivity contribution >= 4 is 11.5 Å². The number of benzene rings is 1. The first-order valence-electron chi connectivity index (χ1n) is 6.05. The average Bonchev–Trinajstić information content (AvgIpc) is 2.27. The molecular weight excluding hydrogens is 228 g/mol. The minimum Gasteiger partial charge on any atom is -0.493 e. The van der Waals surface area contributed by atoms with Crippen molar-refractivity contribution in [2.45, 2.75) is 27.7 Å². The van der Waals surface area contributed by atoms with Crippen LogP contribution in [0.15, 0.2) is 29.8 Å². The molecule has 18 heavy (non-hydrogen) atoms. The molecule has 0 unspecified atom stereocenters. The Kier molecular flexibility index (Phi) is 4.95. The van der Waals surface area contributed by atoms with Gasteiger partial charge in [0.2, 0.25) is 0 Å². The van der Waals surface area contributed by atoms with Crippen LogP contribution >= 0.6 is 0 Å². The molecule has 1 aromatic rings. The third-order valence-corrected chi connectivity index (χ3v) is 2.44. The first-order chi connectivity index (χ1) is 8.41. The molecule has 3 heteroatoms. The number of aliphatic carboxylic acids is 1. The highest BCUT2D eigenvalue weighted by Gasteiger charge is 2.11. The molecule has 0 aliphatic carbocycles. The van der Waals surface area contributed by atoms with Gasteiger partial charge in [-0.15, -0.1) is 0 Å². The van der Waals surface area contributed by atoms with Crippen molar-refractivity contribution in [3.05, 3.63) is 35.4 Å². The maximum absolute atomic E-state index is 11.2. The lowest BCUT2D eigenvalue weighted by atomic mass is 10.0. The molecule has 0 atom stereocenters. The van der Waals surface area contributed by atoms with E-state index >= 15 is 0 Å². The Balaban J connectivity index is 2.88. The summed E-state index contributed by atoms with van der Waals surface area (Å²) >= 11 is 0. The second-order valence-corrected chi connectivity index (χ2v) is 4.91. The van der Waals surface area contributed by atoms with Crippen LogP contribution in [0, 0.1) is 5.92 Å². The lowest BCUT2D eigenvalue weighted by Gasteiger charge is -2.10. The number of allylic oxidation sites excluding steroid dienone is 1. The average molecular weight is 248 g/mol. The fourth-order valence-corrected chi connectivity index (χ4v) is 1.61. The van der Waals surface area contributed by atoms with E-state index in [0.29, 0.717) is 23.7 Å². The number of carbonyl (C=O) groups is 1. The van der Waals surface area contributed by atoms with Gasteiger partial charge in [-0.2, -0.15) is 0 Å². The van der Waals surface area contributed by atoms with Crippen LogP contribution < -0.4 is 4.74 Å². The lowest BCUT2D eigenvalue weighted by Crippen LogP contribution is -2.05.